The van der Waals surface area contributed by atoms with Crippen molar-refractivity contribution in [2.45, 2.75) is 17.7 Å². The molecule has 23 heavy (non-hydrogen) atoms. The number of carbonyl (C=O) groups is 1. The topological polar surface area (TPSA) is 92.5 Å². The smallest absolute Gasteiger partial charge is 0.243 e. The quantitative estimate of drug-likeness (QED) is 0.502. The van der Waals surface area contributed by atoms with Crippen LogP contribution in [0.15, 0.2) is 47.4 Å². The summed E-state index contributed by atoms with van der Waals surface area (Å²) in [6, 6.07) is 12.7. The minimum Gasteiger partial charge on any atom is -0.294 e. The third-order valence-electron chi connectivity index (χ3n) is 4.26. The number of carbonyl (C=O) groups excluding carboxylic acids is 1. The molecule has 3 N–H and O–H groups in total. The Morgan fingerprint density at radius 1 is 1.17 bits per heavy atom. The van der Waals surface area contributed by atoms with Gasteiger partial charge >= 0.3 is 0 Å². The summed E-state index contributed by atoms with van der Waals surface area (Å²) in [5.41, 5.74) is 2.11. The van der Waals surface area contributed by atoms with E-state index in [0.717, 1.165) is 10.8 Å². The maximum absolute atomic E-state index is 12.9. The van der Waals surface area contributed by atoms with Crippen molar-refractivity contribution in [3.8, 4) is 0 Å². The van der Waals surface area contributed by atoms with E-state index in [1.54, 1.807) is 18.2 Å². The van der Waals surface area contributed by atoms with Crippen LogP contribution in [0.5, 0.6) is 0 Å². The van der Waals surface area contributed by atoms with Gasteiger partial charge in [0.15, 0.2) is 0 Å². The van der Waals surface area contributed by atoms with Gasteiger partial charge in [-0.05, 0) is 35.7 Å². The highest BCUT2D eigenvalue weighted by atomic mass is 32.2. The zero-order valence-corrected chi connectivity index (χ0v) is 13.4. The first-order valence-corrected chi connectivity index (χ1v) is 8.96. The Labute approximate surface area is 135 Å². The summed E-state index contributed by atoms with van der Waals surface area (Å²) in [6.45, 7) is 0.585. The van der Waals surface area contributed by atoms with Crippen molar-refractivity contribution in [3.05, 3.63) is 42.5 Å². The van der Waals surface area contributed by atoms with Crippen molar-refractivity contribution in [1.82, 2.24) is 9.73 Å². The third kappa shape index (κ3) is 3.08. The predicted octanol–water partition coefficient (Wildman–Crippen LogP) is 1.23. The molecule has 2 aromatic rings. The van der Waals surface area contributed by atoms with E-state index in [1.807, 2.05) is 24.3 Å². The molecule has 122 valence electrons. The maximum Gasteiger partial charge on any atom is 0.243 e. The van der Waals surface area contributed by atoms with E-state index >= 15 is 0 Å². The molecule has 1 aliphatic rings. The number of hydrogen-bond acceptors (Lipinski definition) is 4. The zero-order chi connectivity index (χ0) is 16.4. The molecule has 7 heteroatoms. The highest BCUT2D eigenvalue weighted by Gasteiger charge is 2.33. The van der Waals surface area contributed by atoms with Gasteiger partial charge in [0.1, 0.15) is 0 Å². The lowest BCUT2D eigenvalue weighted by Gasteiger charge is -2.30. The molecular weight excluding hydrogens is 314 g/mol. The number of rotatable bonds is 3. The first-order valence-electron chi connectivity index (χ1n) is 7.52. The van der Waals surface area contributed by atoms with Gasteiger partial charge in [0.25, 0.3) is 0 Å². The molecule has 0 saturated carbocycles. The average molecular weight is 333 g/mol. The van der Waals surface area contributed by atoms with E-state index in [1.165, 1.54) is 4.31 Å². The van der Waals surface area contributed by atoms with Gasteiger partial charge in [0, 0.05) is 13.1 Å². The molecule has 1 heterocycles. The molecule has 1 unspecified atom stereocenters. The number of hydrogen-bond donors (Lipinski definition) is 2. The van der Waals surface area contributed by atoms with Crippen LogP contribution in [0.3, 0.4) is 0 Å². The lowest BCUT2D eigenvalue weighted by Crippen LogP contribution is -2.46. The fraction of sp³-hybridized carbons (Fsp3) is 0.312. The Hall–Kier alpha value is -1.96. The normalized spacial score (nSPS) is 19.6. The lowest BCUT2D eigenvalue weighted by atomic mass is 9.99. The molecule has 0 radical (unpaired) electrons. The van der Waals surface area contributed by atoms with Gasteiger partial charge < -0.3 is 0 Å². The highest BCUT2D eigenvalue weighted by Crippen LogP contribution is 2.26. The number of piperidine rings is 1. The lowest BCUT2D eigenvalue weighted by molar-refractivity contribution is -0.126. The van der Waals surface area contributed by atoms with Crippen molar-refractivity contribution < 1.29 is 13.2 Å². The van der Waals surface area contributed by atoms with Crippen molar-refractivity contribution >= 4 is 26.7 Å². The summed E-state index contributed by atoms with van der Waals surface area (Å²) in [5, 5.41) is 1.87. The zero-order valence-electron chi connectivity index (χ0n) is 12.6. The van der Waals surface area contributed by atoms with Gasteiger partial charge in [-0.2, -0.15) is 4.31 Å². The van der Waals surface area contributed by atoms with Crippen LogP contribution in [-0.4, -0.2) is 31.7 Å². The van der Waals surface area contributed by atoms with Gasteiger partial charge in [-0.15, -0.1) is 0 Å². The molecule has 2 aromatic carbocycles. The SMILES string of the molecule is NNC(=O)C1CCCN(S(=O)(=O)c2ccc3ccccc3c2)C1. The number of nitrogens with two attached hydrogens (primary N) is 1. The number of amides is 1. The van der Waals surface area contributed by atoms with Crippen LogP contribution in [0.4, 0.5) is 0 Å². The molecule has 6 nitrogen and oxygen atoms in total. The van der Waals surface area contributed by atoms with Crippen LogP contribution in [0.2, 0.25) is 0 Å². The molecule has 1 saturated heterocycles. The second-order valence-electron chi connectivity index (χ2n) is 5.72. The van der Waals surface area contributed by atoms with Gasteiger partial charge in [-0.1, -0.05) is 30.3 Å². The van der Waals surface area contributed by atoms with E-state index < -0.39 is 15.9 Å². The van der Waals surface area contributed by atoms with Crippen LogP contribution in [-0.2, 0) is 14.8 Å². The summed E-state index contributed by atoms with van der Waals surface area (Å²) in [5.74, 6) is 4.45. The monoisotopic (exact) mass is 333 g/mol. The minimum absolute atomic E-state index is 0.165. The van der Waals surface area contributed by atoms with Crippen LogP contribution in [0.1, 0.15) is 12.8 Å². The Kier molecular flexibility index (Phi) is 4.34. The molecule has 0 aliphatic carbocycles. The molecule has 0 aromatic heterocycles. The first-order chi connectivity index (χ1) is 11.0. The van der Waals surface area contributed by atoms with Crippen LogP contribution >= 0.6 is 0 Å². The summed E-state index contributed by atoms with van der Waals surface area (Å²) in [6.07, 6.45) is 1.29. The molecule has 3 rings (SSSR count). The van der Waals surface area contributed by atoms with Gasteiger partial charge in [-0.25, -0.2) is 14.3 Å². The number of sulfonamides is 1. The van der Waals surface area contributed by atoms with Crippen molar-refractivity contribution in [2.24, 2.45) is 11.8 Å². The molecular formula is C16H19N3O3S. The Bertz CT molecular complexity index is 835. The molecule has 0 spiro atoms. The Morgan fingerprint density at radius 3 is 2.65 bits per heavy atom. The van der Waals surface area contributed by atoms with Crippen molar-refractivity contribution in [3.63, 3.8) is 0 Å². The molecule has 1 amide bonds. The number of benzene rings is 2. The maximum atomic E-state index is 12.9. The summed E-state index contributed by atoms with van der Waals surface area (Å²) in [7, 11) is -3.62. The average Bonchev–Trinajstić information content (AvgIpc) is 2.60. The van der Waals surface area contributed by atoms with Gasteiger partial charge in [0.2, 0.25) is 15.9 Å². The van der Waals surface area contributed by atoms with E-state index in [2.05, 4.69) is 5.43 Å². The van der Waals surface area contributed by atoms with E-state index in [9.17, 15) is 13.2 Å². The molecule has 0 bridgehead atoms. The number of fused-ring (bicyclic) bond motifs is 1. The number of hydrazine groups is 1. The van der Waals surface area contributed by atoms with Gasteiger partial charge in [0.05, 0.1) is 10.8 Å². The second-order valence-corrected chi connectivity index (χ2v) is 7.66. The number of nitrogens with one attached hydrogen (secondary N) is 1. The highest BCUT2D eigenvalue weighted by molar-refractivity contribution is 7.89. The van der Waals surface area contributed by atoms with Gasteiger partial charge in [-0.3, -0.25) is 10.2 Å². The van der Waals surface area contributed by atoms with E-state index in [4.69, 9.17) is 5.84 Å². The second kappa shape index (κ2) is 6.27. The number of nitrogens with zero attached hydrogens (tertiary/aromatic N) is 1. The molecule has 1 atom stereocenters. The standard InChI is InChI=1S/C16H19N3O3S/c17-18-16(20)14-6-3-9-19(11-14)23(21,22)15-8-7-12-4-1-2-5-13(12)10-15/h1-2,4-5,7-8,10,14H,3,6,9,11,17H2,(H,18,20). The van der Waals surface area contributed by atoms with E-state index in [-0.39, 0.29) is 17.3 Å². The summed E-state index contributed by atoms with van der Waals surface area (Å²) >= 11 is 0. The summed E-state index contributed by atoms with van der Waals surface area (Å²) < 4.78 is 27.1. The fourth-order valence-corrected chi connectivity index (χ4v) is 4.53. The minimum atomic E-state index is -3.62. The summed E-state index contributed by atoms with van der Waals surface area (Å²) in [4.78, 5) is 11.9. The molecule has 1 aliphatic heterocycles. The van der Waals surface area contributed by atoms with E-state index in [0.29, 0.717) is 19.4 Å². The fourth-order valence-electron chi connectivity index (χ4n) is 2.97. The Morgan fingerprint density at radius 2 is 1.91 bits per heavy atom. The van der Waals surface area contributed by atoms with Crippen LogP contribution in [0.25, 0.3) is 10.8 Å². The Balaban J connectivity index is 1.91. The third-order valence-corrected chi connectivity index (χ3v) is 6.12. The van der Waals surface area contributed by atoms with Crippen molar-refractivity contribution in [1.29, 1.82) is 0 Å². The largest absolute Gasteiger partial charge is 0.294 e. The molecule has 1 fully saturated rings. The van der Waals surface area contributed by atoms with Crippen LogP contribution < -0.4 is 11.3 Å². The first kappa shape index (κ1) is 15.9. The van der Waals surface area contributed by atoms with Crippen molar-refractivity contribution in [2.75, 3.05) is 13.1 Å². The predicted molar refractivity (Wildman–Crippen MR) is 87.8 cm³/mol. The van der Waals surface area contributed by atoms with Crippen LogP contribution in [0, 0.1) is 5.92 Å².